The summed E-state index contributed by atoms with van der Waals surface area (Å²) in [6, 6.07) is -10.5. The van der Waals surface area contributed by atoms with Crippen LogP contribution in [0.1, 0.15) is 115 Å². The Morgan fingerprint density at radius 1 is 0.312 bits per heavy atom. The van der Waals surface area contributed by atoms with Gasteiger partial charge >= 0.3 is 0 Å². The summed E-state index contributed by atoms with van der Waals surface area (Å²) in [5, 5.41) is 160. The molecule has 21 unspecified atom stereocenters. The molecule has 0 saturated heterocycles. The summed E-state index contributed by atoms with van der Waals surface area (Å²) in [4.78, 5) is 170. The lowest BCUT2D eigenvalue weighted by molar-refractivity contribution is -0.409. The monoisotopic (exact) mass is 1390 g/mol. The van der Waals surface area contributed by atoms with E-state index in [2.05, 4.69) is 37.6 Å². The fourth-order valence-electron chi connectivity index (χ4n) is 8.41. The van der Waals surface area contributed by atoms with Crippen LogP contribution in [0.2, 0.25) is 0 Å². The van der Waals surface area contributed by atoms with Crippen LogP contribution in [0.25, 0.3) is 0 Å². The molecule has 0 fully saturated rings. The molecule has 0 rings (SSSR count). The van der Waals surface area contributed by atoms with E-state index >= 15 is 0 Å². The zero-order valence-electron chi connectivity index (χ0n) is 55.9. The number of aliphatic hydroxyl groups is 14. The second-order valence-corrected chi connectivity index (χ2v) is 23.7. The maximum Gasteiger partial charge on any atom is 0.281 e. The predicted molar refractivity (Wildman–Crippen MR) is 328 cm³/mol. The van der Waals surface area contributed by atoms with Crippen molar-refractivity contribution in [2.75, 3.05) is 46.2 Å². The van der Waals surface area contributed by atoms with Crippen LogP contribution >= 0.6 is 0 Å². The Labute approximate surface area is 554 Å². The number of carboxylic acid groups (broad SMARTS) is 1. The van der Waals surface area contributed by atoms with E-state index in [-0.39, 0.29) is 31.1 Å². The second-order valence-electron chi connectivity index (χ2n) is 23.7. The summed E-state index contributed by atoms with van der Waals surface area (Å²) in [7, 11) is 0. The molecule has 7 amide bonds. The van der Waals surface area contributed by atoms with Crippen molar-refractivity contribution in [2.24, 2.45) is 35.5 Å². The van der Waals surface area contributed by atoms with Gasteiger partial charge in [-0.25, -0.2) is 0 Å². The normalized spacial score (nSPS) is 17.8. The number of quaternary nitrogens is 1. The van der Waals surface area contributed by atoms with Crippen LogP contribution in [0.4, 0.5) is 0 Å². The molecule has 0 aliphatic heterocycles. The predicted octanol–water partition coefficient (Wildman–Crippen LogP) is -12.1. The molecule has 0 bridgehead atoms. The van der Waals surface area contributed by atoms with Gasteiger partial charge in [0.1, 0.15) is 42.6 Å². The van der Waals surface area contributed by atoms with Crippen LogP contribution in [-0.4, -0.2) is 291 Å². The molecular weight excluding hydrogens is 1280 g/mol. The molecule has 24 N–H and O–H groups in total. The van der Waals surface area contributed by atoms with Crippen LogP contribution in [0, 0.1) is 35.5 Å². The third-order valence-electron chi connectivity index (χ3n) is 14.6. The number of Topliss-reactive ketones (excluding diaryl/α,β-unsaturated/α-hetero) is 6. The summed E-state index contributed by atoms with van der Waals surface area (Å²) >= 11 is 0. The summed E-state index contributed by atoms with van der Waals surface area (Å²) in [5.41, 5.74) is 3.40. The van der Waals surface area contributed by atoms with E-state index in [1.54, 1.807) is 6.92 Å². The van der Waals surface area contributed by atoms with Gasteiger partial charge in [-0.15, -0.1) is 0 Å². The topological polar surface area (TPSA) is 657 Å². The van der Waals surface area contributed by atoms with Crippen molar-refractivity contribution in [3.63, 3.8) is 0 Å². The first-order valence-electron chi connectivity index (χ1n) is 30.7. The van der Waals surface area contributed by atoms with Crippen LogP contribution in [0.15, 0.2) is 0 Å². The highest BCUT2D eigenvalue weighted by Gasteiger charge is 2.38. The lowest BCUT2D eigenvalue weighted by Crippen LogP contribution is -2.70. The molecule has 0 radical (unpaired) electrons. The summed E-state index contributed by atoms with van der Waals surface area (Å²) in [5.74, 6) is -18.4. The molecule has 0 saturated carbocycles. The molecule has 554 valence electrons. The van der Waals surface area contributed by atoms with Crippen LogP contribution in [0.3, 0.4) is 0 Å². The maximum atomic E-state index is 12.7. The number of carbonyl (C=O) groups excluding carboxylic acids is 14. The molecule has 21 atom stereocenters. The number of hydrogen-bond donors (Lipinski definition) is 22. The molecule has 0 heterocycles. The highest BCUT2D eigenvalue weighted by molar-refractivity contribution is 5.98. The zero-order chi connectivity index (χ0) is 75.3. The third kappa shape index (κ3) is 35.4. The fraction of sp³-hybridized carbons (Fsp3) is 0.763. The van der Waals surface area contributed by atoms with E-state index in [1.807, 2.05) is 5.32 Å². The quantitative estimate of drug-likeness (QED) is 0.0269. The number of ketones is 6. The Bertz CT molecular complexity index is 2520. The number of hydrogen-bond acceptors (Lipinski definition) is 29. The molecule has 37 heteroatoms. The minimum absolute atomic E-state index is 0.0950. The molecule has 37 nitrogen and oxygen atoms in total. The van der Waals surface area contributed by atoms with Gasteiger partial charge in [-0.1, -0.05) is 6.92 Å². The largest absolute Gasteiger partial charge is 0.548 e. The highest BCUT2D eigenvalue weighted by Crippen LogP contribution is 2.16. The Morgan fingerprint density at radius 2 is 0.552 bits per heavy atom. The Morgan fingerprint density at radius 3 is 0.771 bits per heavy atom. The van der Waals surface area contributed by atoms with Gasteiger partial charge < -0.3 is 129 Å². The maximum absolute atomic E-state index is 12.7. The Balaban J connectivity index is -0.00000136. The van der Waals surface area contributed by atoms with Crippen molar-refractivity contribution in [1.29, 1.82) is 0 Å². The SMILES string of the molecule is CC(=O)CC(CO)C(=O)NC(C(=O)CC(CO)C(=O)NC(C(=O)[O-])C(C)O)C(C)O.CC(=O)NC(C(=O)CC(CO)C(=O)NC(C(=O)CC(CO)C(=O)NC(C)C(C)O)C(C)O)C(C)O.CC(CO)CC(=O)C(NC(=O)C(CO)CC(=O)C(NC(=O)C([NH3+])CO)C(C)O)C(C)O. The zero-order valence-corrected chi connectivity index (χ0v) is 55.9. The molecular formula is C59H104N8O29. The smallest absolute Gasteiger partial charge is 0.281 e. The molecule has 96 heavy (non-hydrogen) atoms. The van der Waals surface area contributed by atoms with Crippen molar-refractivity contribution < 1.29 is 149 Å². The van der Waals surface area contributed by atoms with Crippen molar-refractivity contribution in [3.8, 4) is 0 Å². The highest BCUT2D eigenvalue weighted by atomic mass is 16.4. The number of nitrogens with one attached hydrogen (secondary N) is 7. The minimum atomic E-state index is -1.77. The average Bonchev–Trinajstić information content (AvgIpc) is 0.991. The fourth-order valence-corrected chi connectivity index (χ4v) is 8.41. The average molecular weight is 1390 g/mol. The van der Waals surface area contributed by atoms with Gasteiger partial charge in [-0.3, -0.25) is 57.5 Å². The van der Waals surface area contributed by atoms with E-state index in [0.29, 0.717) is 0 Å². The van der Waals surface area contributed by atoms with Gasteiger partial charge in [-0.05, 0) is 68.2 Å². The van der Waals surface area contributed by atoms with E-state index in [1.165, 1.54) is 55.4 Å². The van der Waals surface area contributed by atoms with Gasteiger partial charge in [0.15, 0.2) is 35.0 Å². The minimum Gasteiger partial charge on any atom is -0.548 e. The lowest BCUT2D eigenvalue weighted by Gasteiger charge is -2.26. The van der Waals surface area contributed by atoms with Crippen LogP contribution in [-0.2, 0) is 67.1 Å². The number of aliphatic carboxylic acids is 1. The van der Waals surface area contributed by atoms with Gasteiger partial charge in [0.2, 0.25) is 35.4 Å². The molecule has 0 aromatic carbocycles. The third-order valence-corrected chi connectivity index (χ3v) is 14.6. The van der Waals surface area contributed by atoms with E-state index in [0.717, 1.165) is 13.8 Å². The van der Waals surface area contributed by atoms with Crippen molar-refractivity contribution in [2.45, 2.75) is 206 Å². The first kappa shape index (κ1) is 93.4. The summed E-state index contributed by atoms with van der Waals surface area (Å²) in [6.07, 6.45) is -11.8. The number of rotatable bonds is 45. The van der Waals surface area contributed by atoms with Crippen molar-refractivity contribution in [3.05, 3.63) is 0 Å². The number of carboxylic acids is 1. The Kier molecular flexibility index (Phi) is 46.7. The number of amides is 7. The van der Waals surface area contributed by atoms with Gasteiger partial charge in [0, 0.05) is 52.1 Å². The standard InChI is InChI=1S/C22H39N3O10.C19H35N3O9.C18H30N2O10/c1-10(11(2)28)23-21(34)15(8-26)6-18(33)20(13(4)30)25-22(35)16(9-27)7-17(32)19(12(3)29)24-14(5)31;1-9(6-23)4-14(28)16(10(2)26)21-18(30)12(7-24)5-15(29)17(11(3)27)22-19(31)13(20)8-25;1-8(23)4-11(6-21)16(27)19-14(9(2)24)13(26)5-12(7-22)17(28)20-15(10(3)25)18(29)30/h10-13,15-16,19-20,26-30H,6-9H2,1-5H3,(H,23,34)(H,24,31)(H,25,35);9-13,16-17,23-27H,4-8,20H2,1-3H3,(H,21,30)(H,22,31);9-12,14-15,21-22,24-25H,4-7H2,1-3H3,(H,19,27)(H,20,28)(H,29,30). The van der Waals surface area contributed by atoms with Gasteiger partial charge in [-0.2, -0.15) is 0 Å². The van der Waals surface area contributed by atoms with Crippen molar-refractivity contribution in [1.82, 2.24) is 37.2 Å². The summed E-state index contributed by atoms with van der Waals surface area (Å²) in [6.45, 7) is 9.63. The number of carbonyl (C=O) groups is 14. The molecule has 0 aliphatic carbocycles. The van der Waals surface area contributed by atoms with E-state index in [9.17, 15) is 134 Å². The van der Waals surface area contributed by atoms with Gasteiger partial charge in [0.25, 0.3) is 5.91 Å². The van der Waals surface area contributed by atoms with E-state index in [4.69, 9.17) is 10.2 Å². The number of aliphatic hydroxyl groups excluding tert-OH is 14. The van der Waals surface area contributed by atoms with Crippen LogP contribution in [0.5, 0.6) is 0 Å². The molecule has 0 aromatic rings. The second kappa shape index (κ2) is 48.0. The first-order chi connectivity index (χ1) is 44.4. The van der Waals surface area contributed by atoms with Crippen LogP contribution < -0.4 is 48.1 Å². The molecule has 0 spiro atoms. The molecule has 0 aromatic heterocycles. The summed E-state index contributed by atoms with van der Waals surface area (Å²) < 4.78 is 0. The van der Waals surface area contributed by atoms with Crippen molar-refractivity contribution >= 4 is 82.0 Å². The Hall–Kier alpha value is -6.82. The first-order valence-corrected chi connectivity index (χ1v) is 30.7. The van der Waals surface area contributed by atoms with E-state index < -0.39 is 262 Å². The lowest BCUT2D eigenvalue weighted by atomic mass is 9.93. The van der Waals surface area contributed by atoms with Gasteiger partial charge in [0.05, 0.1) is 123 Å². The molecule has 0 aliphatic rings.